The molecule has 3 nitrogen and oxygen atoms in total. The van der Waals surface area contributed by atoms with Gasteiger partial charge >= 0.3 is 5.97 Å². The van der Waals surface area contributed by atoms with Crippen LogP contribution in [0.15, 0.2) is 30.3 Å². The largest absolute Gasteiger partial charge is 0.465 e. The molecule has 0 aliphatic rings. The van der Waals surface area contributed by atoms with Gasteiger partial charge in [0.15, 0.2) is 0 Å². The number of carbonyl (C=O) groups excluding carboxylic acids is 1. The minimum atomic E-state index is -0.430. The van der Waals surface area contributed by atoms with Crippen LogP contribution in [-0.2, 0) is 16.0 Å². The van der Waals surface area contributed by atoms with Gasteiger partial charge in [-0.15, -0.1) is 12.4 Å². The third-order valence-corrected chi connectivity index (χ3v) is 3.19. The molecule has 19 heavy (non-hydrogen) atoms. The van der Waals surface area contributed by atoms with Gasteiger partial charge in [0.05, 0.1) is 6.61 Å². The summed E-state index contributed by atoms with van der Waals surface area (Å²) >= 11 is 4.06. The van der Waals surface area contributed by atoms with Gasteiger partial charge in [-0.05, 0) is 24.3 Å². The summed E-state index contributed by atoms with van der Waals surface area (Å²) in [5.41, 5.74) is 0.926. The van der Waals surface area contributed by atoms with Gasteiger partial charge in [-0.3, -0.25) is 9.52 Å². The van der Waals surface area contributed by atoms with Crippen molar-refractivity contribution in [3.05, 3.63) is 35.9 Å². The van der Waals surface area contributed by atoms with Crippen LogP contribution in [0.2, 0.25) is 0 Å². The van der Waals surface area contributed by atoms with Crippen LogP contribution in [0.5, 0.6) is 0 Å². The monoisotopic (exact) mass is 303 g/mol. The van der Waals surface area contributed by atoms with Gasteiger partial charge in [-0.25, -0.2) is 0 Å². The number of ether oxygens (including phenoxy) is 1. The topological polar surface area (TPSA) is 38.3 Å². The maximum Gasteiger partial charge on any atom is 0.324 e. The number of carbonyl (C=O) groups is 1. The van der Waals surface area contributed by atoms with Crippen molar-refractivity contribution in [3.8, 4) is 0 Å². The van der Waals surface area contributed by atoms with E-state index in [1.54, 1.807) is 6.92 Å². The molecular formula is C14H22ClNO2S. The van der Waals surface area contributed by atoms with Crippen LogP contribution in [0.3, 0.4) is 0 Å². The van der Waals surface area contributed by atoms with E-state index in [1.165, 1.54) is 5.56 Å². The summed E-state index contributed by atoms with van der Waals surface area (Å²) in [4.78, 5) is 11.9. The molecule has 1 aromatic rings. The van der Waals surface area contributed by atoms with E-state index in [2.05, 4.69) is 29.7 Å². The molecule has 0 heterocycles. The van der Waals surface area contributed by atoms with Crippen LogP contribution >= 0.6 is 25.2 Å². The van der Waals surface area contributed by atoms with Gasteiger partial charge in [0.25, 0.3) is 0 Å². The zero-order valence-electron chi connectivity index (χ0n) is 11.6. The van der Waals surface area contributed by atoms with Crippen LogP contribution in [-0.4, -0.2) is 18.6 Å². The fourth-order valence-electron chi connectivity index (χ4n) is 2.00. The zero-order chi connectivity index (χ0) is 13.6. The average Bonchev–Trinajstić information content (AvgIpc) is 2.30. The Bertz CT molecular complexity index is 384. The van der Waals surface area contributed by atoms with Crippen molar-refractivity contribution in [2.24, 2.45) is 5.41 Å². The Hall–Kier alpha value is -0.710. The lowest BCUT2D eigenvalue weighted by Gasteiger charge is -2.32. The molecule has 0 spiro atoms. The molecule has 1 N–H and O–H groups in total. The lowest BCUT2D eigenvalue weighted by atomic mass is 9.79. The van der Waals surface area contributed by atoms with Gasteiger partial charge in [0, 0.05) is 0 Å². The number of halogens is 1. The number of hydrogen-bond donors (Lipinski definition) is 2. The Kier molecular flexibility index (Phi) is 8.14. The summed E-state index contributed by atoms with van der Waals surface area (Å²) in [6, 6.07) is 9.67. The molecule has 0 saturated carbocycles. The van der Waals surface area contributed by atoms with Crippen LogP contribution < -0.4 is 4.72 Å². The van der Waals surface area contributed by atoms with Gasteiger partial charge in [0.2, 0.25) is 0 Å². The normalized spacial score (nSPS) is 12.4. The average molecular weight is 304 g/mol. The zero-order valence-corrected chi connectivity index (χ0v) is 13.3. The molecule has 1 rings (SSSR count). The lowest BCUT2D eigenvalue weighted by Crippen LogP contribution is -2.46. The molecule has 0 aliphatic carbocycles. The Morgan fingerprint density at radius 3 is 2.42 bits per heavy atom. The molecule has 0 unspecified atom stereocenters. The van der Waals surface area contributed by atoms with Crippen LogP contribution in [0.1, 0.15) is 26.3 Å². The fraction of sp³-hybridized carbons (Fsp3) is 0.500. The lowest BCUT2D eigenvalue weighted by molar-refractivity contribution is -0.148. The standard InChI is InChI=1S/C14H21NO2S.ClH/c1-4-17-13(16)12(15-18)14(2,3)10-11-8-6-5-7-9-11;/h5-9,12,15,18H,4,10H2,1-3H3;1H/t12-;/m1./s1. The first-order valence-corrected chi connectivity index (χ1v) is 6.56. The highest BCUT2D eigenvalue weighted by Gasteiger charge is 2.35. The molecule has 1 atom stereocenters. The summed E-state index contributed by atoms with van der Waals surface area (Å²) in [7, 11) is 0. The third-order valence-electron chi connectivity index (χ3n) is 2.94. The molecule has 0 saturated heterocycles. The van der Waals surface area contributed by atoms with E-state index in [4.69, 9.17) is 4.74 Å². The van der Waals surface area contributed by atoms with Crippen molar-refractivity contribution in [1.82, 2.24) is 4.72 Å². The number of thiol groups is 1. The van der Waals surface area contributed by atoms with Crippen molar-refractivity contribution in [2.45, 2.75) is 33.2 Å². The molecule has 1 aromatic carbocycles. The molecule has 0 fully saturated rings. The molecule has 0 amide bonds. The molecular weight excluding hydrogens is 282 g/mol. The Balaban J connectivity index is 0.00000324. The number of nitrogens with one attached hydrogen (secondary N) is 1. The number of esters is 1. The van der Waals surface area contributed by atoms with E-state index in [1.807, 2.05) is 32.0 Å². The van der Waals surface area contributed by atoms with Crippen molar-refractivity contribution in [3.63, 3.8) is 0 Å². The van der Waals surface area contributed by atoms with E-state index in [9.17, 15) is 4.79 Å². The second-order valence-electron chi connectivity index (χ2n) is 4.97. The first-order chi connectivity index (χ1) is 8.51. The molecule has 0 bridgehead atoms. The van der Waals surface area contributed by atoms with Gasteiger partial charge in [-0.2, -0.15) is 0 Å². The van der Waals surface area contributed by atoms with Gasteiger partial charge < -0.3 is 4.74 Å². The predicted octanol–water partition coefficient (Wildman–Crippen LogP) is 3.04. The molecule has 5 heteroatoms. The molecule has 108 valence electrons. The van der Waals surface area contributed by atoms with Crippen molar-refractivity contribution in [2.75, 3.05) is 6.61 Å². The Labute approximate surface area is 127 Å². The number of hydrogen-bond acceptors (Lipinski definition) is 4. The highest BCUT2D eigenvalue weighted by atomic mass is 35.5. The molecule has 0 aliphatic heterocycles. The smallest absolute Gasteiger partial charge is 0.324 e. The first kappa shape index (κ1) is 18.3. The quantitative estimate of drug-likeness (QED) is 0.627. The highest BCUT2D eigenvalue weighted by Crippen LogP contribution is 2.27. The Morgan fingerprint density at radius 1 is 1.37 bits per heavy atom. The van der Waals surface area contributed by atoms with Crippen molar-refractivity contribution in [1.29, 1.82) is 0 Å². The predicted molar refractivity (Wildman–Crippen MR) is 83.7 cm³/mol. The van der Waals surface area contributed by atoms with Crippen LogP contribution in [0.4, 0.5) is 0 Å². The number of rotatable bonds is 6. The maximum absolute atomic E-state index is 11.9. The van der Waals surface area contributed by atoms with Crippen molar-refractivity contribution >= 4 is 31.2 Å². The summed E-state index contributed by atoms with van der Waals surface area (Å²) in [6.45, 7) is 6.25. The van der Waals surface area contributed by atoms with E-state index < -0.39 is 6.04 Å². The van der Waals surface area contributed by atoms with Gasteiger partial charge in [-0.1, -0.05) is 57.0 Å². The van der Waals surface area contributed by atoms with E-state index >= 15 is 0 Å². The number of benzene rings is 1. The SMILES string of the molecule is CCOC(=O)[C@@H](NS)C(C)(C)Cc1ccccc1.Cl. The van der Waals surface area contributed by atoms with Crippen molar-refractivity contribution < 1.29 is 9.53 Å². The fourth-order valence-corrected chi connectivity index (χ4v) is 2.45. The van der Waals surface area contributed by atoms with Crippen LogP contribution in [0.25, 0.3) is 0 Å². The minimum Gasteiger partial charge on any atom is -0.465 e. The summed E-state index contributed by atoms with van der Waals surface area (Å²) in [5, 5.41) is 0. The van der Waals surface area contributed by atoms with E-state index in [-0.39, 0.29) is 23.8 Å². The summed E-state index contributed by atoms with van der Waals surface area (Å²) in [6.07, 6.45) is 0.783. The maximum atomic E-state index is 11.9. The second-order valence-corrected chi connectivity index (χ2v) is 5.22. The second kappa shape index (κ2) is 8.46. The van der Waals surface area contributed by atoms with E-state index in [0.717, 1.165) is 6.42 Å². The van der Waals surface area contributed by atoms with Crippen LogP contribution in [0, 0.1) is 5.41 Å². The van der Waals surface area contributed by atoms with Gasteiger partial charge in [0.1, 0.15) is 6.04 Å². The summed E-state index contributed by atoms with van der Waals surface area (Å²) < 4.78 is 7.84. The van der Waals surface area contributed by atoms with E-state index in [0.29, 0.717) is 6.61 Å². The molecule has 0 aromatic heterocycles. The highest BCUT2D eigenvalue weighted by molar-refractivity contribution is 7.78. The minimum absolute atomic E-state index is 0. The third kappa shape index (κ3) is 5.43. The molecule has 0 radical (unpaired) electrons. The Morgan fingerprint density at radius 2 is 1.95 bits per heavy atom. The first-order valence-electron chi connectivity index (χ1n) is 6.11. The summed E-state index contributed by atoms with van der Waals surface area (Å²) in [5.74, 6) is -0.256.